The second-order valence-corrected chi connectivity index (χ2v) is 14.5. The third-order valence-corrected chi connectivity index (χ3v) is 9.61. The Labute approximate surface area is 414 Å². The van der Waals surface area contributed by atoms with Gasteiger partial charge in [-0.15, -0.1) is 0 Å². The smallest absolute Gasteiger partial charge is 0.271 e. The van der Waals surface area contributed by atoms with E-state index in [-0.39, 0.29) is 48.7 Å². The summed E-state index contributed by atoms with van der Waals surface area (Å²) in [5.74, 6) is -0.374. The van der Waals surface area contributed by atoms with Crippen LogP contribution in [0.15, 0.2) is 188 Å². The number of non-ortho nitro benzene ring substituents is 1. The molecule has 0 bridgehead atoms. The summed E-state index contributed by atoms with van der Waals surface area (Å²) < 4.78 is 0. The third-order valence-electron chi connectivity index (χ3n) is 9.61. The largest absolute Gasteiger partial charge is 1.00 e. The average molecular weight is 925 g/mol. The van der Waals surface area contributed by atoms with Crippen LogP contribution in [0, 0.1) is 10.1 Å². The van der Waals surface area contributed by atoms with Crippen molar-refractivity contribution in [3.05, 3.63) is 209 Å². The first-order chi connectivity index (χ1) is 31.9. The molecule has 8 aromatic rings. The van der Waals surface area contributed by atoms with Crippen LogP contribution in [0.2, 0.25) is 0 Å². The van der Waals surface area contributed by atoms with E-state index in [0.29, 0.717) is 28.0 Å². The number of amides is 2. The number of carbonyl (C=O) groups is 2. The van der Waals surface area contributed by atoms with Gasteiger partial charge in [0.25, 0.3) is 17.5 Å². The third kappa shape index (κ3) is 16.1. The van der Waals surface area contributed by atoms with Gasteiger partial charge in [-0.3, -0.25) is 24.7 Å². The molecule has 1 heterocycles. The van der Waals surface area contributed by atoms with Crippen molar-refractivity contribution in [1.82, 2.24) is 4.98 Å². The number of nitro benzene ring substituents is 1. The summed E-state index contributed by atoms with van der Waals surface area (Å²) in [6.07, 6.45) is 0.668. The molecule has 21 heteroatoms. The molecule has 0 aliphatic rings. The summed E-state index contributed by atoms with van der Waals surface area (Å²) in [6.45, 7) is 0. The summed E-state index contributed by atoms with van der Waals surface area (Å²) in [4.78, 5) is 39.7. The number of nitro groups is 1. The fourth-order valence-electron chi connectivity index (χ4n) is 6.04. The van der Waals surface area contributed by atoms with E-state index in [1.54, 1.807) is 66.9 Å². The molecule has 0 atom stereocenters. The first kappa shape index (κ1) is 53.1. The number of benzene rings is 7. The maximum atomic E-state index is 12.7. The summed E-state index contributed by atoms with van der Waals surface area (Å²) >= 11 is 0. The molecule has 7 aromatic carbocycles. The zero-order valence-corrected chi connectivity index (χ0v) is 37.8. The minimum absolute atomic E-state index is 0. The van der Waals surface area contributed by atoms with Crippen molar-refractivity contribution in [2.45, 2.75) is 0 Å². The van der Waals surface area contributed by atoms with Gasteiger partial charge in [0.15, 0.2) is 0 Å². The number of carbonyl (C=O) groups excluding carboxylic acids is 2. The molecule has 0 spiro atoms. The molecule has 0 fully saturated rings. The Kier molecular flexibility index (Phi) is 20.8. The summed E-state index contributed by atoms with van der Waals surface area (Å²) in [5, 5.41) is 27.5. The first-order valence-electron chi connectivity index (χ1n) is 20.5. The molecule has 0 aliphatic heterocycles. The monoisotopic (exact) mass is 925 g/mol. The Hall–Kier alpha value is -7.48. The number of nitrogen functional groups attached to an aromatic ring is 1. The Morgan fingerprint density at radius 1 is 0.559 bits per heavy atom. The molecule has 7 N–H and O–H groups in total. The molecule has 0 saturated carbocycles. The number of hydrogen-bond acceptors (Lipinski definition) is 9. The lowest BCUT2D eigenvalue weighted by atomic mass is 8.76. The number of nitrogens with one attached hydrogen (secondary N) is 5. The normalized spacial score (nSPS) is 9.76. The van der Waals surface area contributed by atoms with Crippen LogP contribution in [0.5, 0.6) is 0 Å². The molecule has 0 saturated heterocycles. The molecule has 1 aromatic heterocycles. The number of hydrogen-bond donors (Lipinski definition) is 6. The van der Waals surface area contributed by atoms with Crippen LogP contribution in [0.1, 0.15) is 20.7 Å². The predicted molar refractivity (Wildman–Crippen MR) is 277 cm³/mol. The Morgan fingerprint density at radius 2 is 0.971 bits per heavy atom. The number of halogens is 2. The molecule has 68 heavy (non-hydrogen) atoms. The molecule has 0 unspecified atom stereocenters. The molecular formula is C47H38B7Cl2N8O4-2. The van der Waals surface area contributed by atoms with E-state index >= 15 is 0 Å². The quantitative estimate of drug-likeness (QED) is 0.0440. The van der Waals surface area contributed by atoms with Crippen molar-refractivity contribution in [3.63, 3.8) is 0 Å². The van der Waals surface area contributed by atoms with Gasteiger partial charge in [0, 0.05) is 137 Å². The van der Waals surface area contributed by atoms with Gasteiger partial charge in [-0.05, 0) is 133 Å². The number of rotatable bonds is 13. The van der Waals surface area contributed by atoms with Crippen LogP contribution in [-0.4, -0.2) is 72.5 Å². The Bertz CT molecular complexity index is 2850. The van der Waals surface area contributed by atoms with Crippen molar-refractivity contribution >= 4 is 130 Å². The van der Waals surface area contributed by atoms with Crippen LogP contribution in [-0.2, 0) is 0 Å². The van der Waals surface area contributed by atoms with Crippen molar-refractivity contribution in [3.8, 4) is 0 Å². The highest BCUT2D eigenvalue weighted by molar-refractivity contribution is 7.81. The minimum atomic E-state index is -0.537. The molecule has 12 nitrogen and oxygen atoms in total. The fourth-order valence-corrected chi connectivity index (χ4v) is 6.04. The van der Waals surface area contributed by atoms with Crippen LogP contribution in [0.4, 0.5) is 56.9 Å². The van der Waals surface area contributed by atoms with Gasteiger partial charge in [0.1, 0.15) is 0 Å². The first-order valence-corrected chi connectivity index (χ1v) is 20.5. The van der Waals surface area contributed by atoms with Crippen LogP contribution in [0.25, 0.3) is 10.9 Å². The highest BCUT2D eigenvalue weighted by Crippen LogP contribution is 2.28. The highest BCUT2D eigenvalue weighted by atomic mass is 35.5. The zero-order chi connectivity index (χ0) is 46.8. The van der Waals surface area contributed by atoms with Gasteiger partial charge >= 0.3 is 0 Å². The maximum Gasteiger partial charge on any atom is 0.271 e. The van der Waals surface area contributed by atoms with Crippen molar-refractivity contribution in [1.29, 1.82) is 0 Å². The Balaban J connectivity index is 0.000000270. The average Bonchev–Trinajstić information content (AvgIpc) is 3.34. The highest BCUT2D eigenvalue weighted by Gasteiger charge is 2.12. The predicted octanol–water partition coefficient (Wildman–Crippen LogP) is 2.49. The van der Waals surface area contributed by atoms with E-state index < -0.39 is 11.3 Å². The molecular weight excluding hydrogens is 887 g/mol. The summed E-state index contributed by atoms with van der Waals surface area (Å²) in [7, 11) is 21.6. The fraction of sp³-hybridized carbons (Fsp3) is 0. The van der Waals surface area contributed by atoms with Crippen molar-refractivity contribution in [2.75, 3.05) is 32.3 Å². The number of fused-ring (bicyclic) bond motifs is 1. The second kappa shape index (κ2) is 26.6. The van der Waals surface area contributed by atoms with Crippen molar-refractivity contribution in [2.24, 2.45) is 0 Å². The van der Waals surface area contributed by atoms with Gasteiger partial charge in [-0.2, -0.15) is 0 Å². The van der Waals surface area contributed by atoms with Crippen molar-refractivity contribution < 1.29 is 39.3 Å². The molecule has 0 aliphatic carbocycles. The molecule has 9 radical (unpaired) electrons. The second-order valence-electron chi connectivity index (χ2n) is 14.5. The van der Waals surface area contributed by atoms with E-state index in [1.165, 1.54) is 19.2 Å². The lowest BCUT2D eigenvalue weighted by Crippen LogP contribution is -3.00. The van der Waals surface area contributed by atoms with E-state index in [9.17, 15) is 19.7 Å². The zero-order valence-electron chi connectivity index (χ0n) is 36.3. The van der Waals surface area contributed by atoms with Gasteiger partial charge < -0.3 is 57.1 Å². The number of nitrogens with zero attached hydrogens (tertiary/aromatic N) is 2. The number of aromatic nitrogens is 1. The molecule has 8 rings (SSSR count). The Morgan fingerprint density at radius 3 is 1.40 bits per heavy atom. The van der Waals surface area contributed by atoms with Crippen LogP contribution < -0.4 is 57.1 Å². The van der Waals surface area contributed by atoms with Gasteiger partial charge in [0.2, 0.25) is 0 Å². The number of nitrogens with two attached hydrogens (primary N) is 1. The maximum absolute atomic E-state index is 12.7. The van der Waals surface area contributed by atoms with E-state index in [1.807, 2.05) is 109 Å². The molecule has 2 amide bonds. The summed E-state index contributed by atoms with van der Waals surface area (Å²) in [5.41, 5.74) is 14.7. The van der Waals surface area contributed by atoms with Gasteiger partial charge in [-0.25, -0.2) is 0 Å². The van der Waals surface area contributed by atoms with Gasteiger partial charge in [-0.1, -0.05) is 36.4 Å². The lowest BCUT2D eigenvalue weighted by Gasteiger charge is -2.11. The minimum Gasteiger partial charge on any atom is -1.00 e. The lowest BCUT2D eigenvalue weighted by molar-refractivity contribution is -0.384. The van der Waals surface area contributed by atoms with Gasteiger partial charge in [0.05, 0.1) is 10.4 Å². The number of para-hydroxylation sites is 2. The SMILES string of the molecule is Nc1ccc(C(=O)Nc2ccc(Nc3ccccc3)cc2)cc1.O=C(Nc1ccc(Nc2ccccc2)cc1)c1ccc(Nc2ccnc3cc([N+](=O)[O-])ccc23)cc1.[B][B]B([B])B([B])[B].[Cl-].[Cl-]. The summed E-state index contributed by atoms with van der Waals surface area (Å²) in [6, 6.07) is 55.1. The standard InChI is InChI=1S/C28H21N5O3.C19H17N3O.B7.2ClH/c34-28(32-23-12-10-21(11-13-23)30-20-4-2-1-3-5-20)19-6-8-22(9-7-19)31-26-16-17-29-27-18-24(33(35)36)14-15-25(26)27;20-15-8-6-14(7-9-15)19(23)22-18-12-10-17(11-13-18)21-16-4-2-1-3-5-16;1-5-7(4)6(2)3;;/h1-18,30H,(H,29,31)(H,32,34);1-13,21H,20H2,(H,22,23);;2*1H/p-2. The molecule has 327 valence electrons. The van der Waals surface area contributed by atoms with E-state index in [4.69, 9.17) is 36.7 Å². The topological polar surface area (TPSA) is 176 Å². The van der Waals surface area contributed by atoms with E-state index in [0.717, 1.165) is 45.2 Å². The van der Waals surface area contributed by atoms with Crippen LogP contribution in [0.3, 0.4) is 0 Å². The van der Waals surface area contributed by atoms with E-state index in [2.05, 4.69) is 31.6 Å². The van der Waals surface area contributed by atoms with Crippen LogP contribution >= 0.6 is 0 Å². The number of pyridine rings is 1. The number of anilines is 9.